The summed E-state index contributed by atoms with van der Waals surface area (Å²) in [5.41, 5.74) is 1.12. The van der Waals surface area contributed by atoms with Gasteiger partial charge in [-0.3, -0.25) is 4.79 Å². The van der Waals surface area contributed by atoms with Gasteiger partial charge in [-0.05, 0) is 63.3 Å². The summed E-state index contributed by atoms with van der Waals surface area (Å²) in [6, 6.07) is 6.73. The van der Waals surface area contributed by atoms with E-state index in [1.165, 1.54) is 25.8 Å². The highest BCUT2D eigenvalue weighted by Crippen LogP contribution is 2.33. The van der Waals surface area contributed by atoms with Crippen molar-refractivity contribution in [3.63, 3.8) is 0 Å². The molecule has 30 heavy (non-hydrogen) atoms. The Morgan fingerprint density at radius 1 is 1.20 bits per heavy atom. The molecule has 1 fully saturated rings. The Balaban J connectivity index is 1.64. The Labute approximate surface area is 182 Å². The average Bonchev–Trinajstić information content (AvgIpc) is 3.22. The molecule has 1 aromatic carbocycles. The molecule has 1 aromatic rings. The van der Waals surface area contributed by atoms with Crippen LogP contribution in [0.15, 0.2) is 18.2 Å². The SMILES string of the molecule is CCCCC(CC)C(=O)N(CCCN1CCCCC1C)Cc1ccc2c(c1)OCO2. The summed E-state index contributed by atoms with van der Waals surface area (Å²) in [6.07, 6.45) is 9.15. The van der Waals surface area contributed by atoms with Crippen molar-refractivity contribution < 1.29 is 14.3 Å². The van der Waals surface area contributed by atoms with E-state index in [2.05, 4.69) is 36.6 Å². The topological polar surface area (TPSA) is 42.0 Å². The van der Waals surface area contributed by atoms with E-state index in [1.807, 2.05) is 12.1 Å². The molecule has 1 amide bonds. The highest BCUT2D eigenvalue weighted by Gasteiger charge is 2.24. The second-order valence-electron chi connectivity index (χ2n) is 8.93. The van der Waals surface area contributed by atoms with E-state index < -0.39 is 0 Å². The molecule has 5 heteroatoms. The molecule has 2 aliphatic rings. The van der Waals surface area contributed by atoms with Crippen LogP contribution in [0.4, 0.5) is 0 Å². The number of piperidine rings is 1. The minimum Gasteiger partial charge on any atom is -0.454 e. The normalized spacial score (nSPS) is 19.6. The van der Waals surface area contributed by atoms with Gasteiger partial charge < -0.3 is 19.3 Å². The van der Waals surface area contributed by atoms with E-state index in [9.17, 15) is 4.79 Å². The molecule has 2 atom stereocenters. The van der Waals surface area contributed by atoms with Crippen LogP contribution in [-0.2, 0) is 11.3 Å². The third-order valence-electron chi connectivity index (χ3n) is 6.68. The number of carbonyl (C=O) groups excluding carboxylic acids is 1. The van der Waals surface area contributed by atoms with E-state index in [1.54, 1.807) is 0 Å². The van der Waals surface area contributed by atoms with Crippen molar-refractivity contribution in [2.24, 2.45) is 5.92 Å². The first-order valence-corrected chi connectivity index (χ1v) is 12.0. The zero-order chi connectivity index (χ0) is 21.3. The maximum atomic E-state index is 13.4. The van der Waals surface area contributed by atoms with Gasteiger partial charge in [0.1, 0.15) is 0 Å². The Morgan fingerprint density at radius 3 is 2.80 bits per heavy atom. The molecular formula is C25H40N2O3. The van der Waals surface area contributed by atoms with Crippen molar-refractivity contribution in [2.45, 2.75) is 84.7 Å². The molecule has 0 bridgehead atoms. The van der Waals surface area contributed by atoms with Gasteiger partial charge in [0.2, 0.25) is 12.7 Å². The smallest absolute Gasteiger partial charge is 0.231 e. The predicted octanol–water partition coefficient (Wildman–Crippen LogP) is 5.22. The largest absolute Gasteiger partial charge is 0.454 e. The van der Waals surface area contributed by atoms with Crippen LogP contribution in [0.3, 0.4) is 0 Å². The molecule has 5 nitrogen and oxygen atoms in total. The first kappa shape index (κ1) is 22.9. The molecule has 1 saturated heterocycles. The van der Waals surface area contributed by atoms with Crippen LogP contribution in [0.1, 0.15) is 77.7 Å². The van der Waals surface area contributed by atoms with Gasteiger partial charge >= 0.3 is 0 Å². The molecule has 0 saturated carbocycles. The van der Waals surface area contributed by atoms with Crippen LogP contribution in [-0.4, -0.2) is 48.2 Å². The molecular weight excluding hydrogens is 376 g/mol. The lowest BCUT2D eigenvalue weighted by atomic mass is 9.97. The number of nitrogens with zero attached hydrogens (tertiary/aromatic N) is 2. The van der Waals surface area contributed by atoms with Crippen LogP contribution in [0.25, 0.3) is 0 Å². The maximum absolute atomic E-state index is 13.4. The number of unbranched alkanes of at least 4 members (excludes halogenated alkanes) is 1. The van der Waals surface area contributed by atoms with Gasteiger partial charge in [0.15, 0.2) is 11.5 Å². The van der Waals surface area contributed by atoms with E-state index in [0.29, 0.717) is 18.5 Å². The average molecular weight is 417 g/mol. The van der Waals surface area contributed by atoms with Crippen molar-refractivity contribution in [2.75, 3.05) is 26.4 Å². The van der Waals surface area contributed by atoms with Crippen molar-refractivity contribution in [3.8, 4) is 11.5 Å². The number of benzene rings is 1. The second kappa shape index (κ2) is 11.6. The summed E-state index contributed by atoms with van der Waals surface area (Å²) in [7, 11) is 0. The lowest BCUT2D eigenvalue weighted by Gasteiger charge is -2.34. The van der Waals surface area contributed by atoms with Gasteiger partial charge in [0, 0.05) is 31.6 Å². The van der Waals surface area contributed by atoms with E-state index in [-0.39, 0.29) is 12.7 Å². The Hall–Kier alpha value is -1.75. The van der Waals surface area contributed by atoms with Crippen molar-refractivity contribution in [1.29, 1.82) is 0 Å². The Bertz CT molecular complexity index is 678. The van der Waals surface area contributed by atoms with Gasteiger partial charge in [-0.15, -0.1) is 0 Å². The fraction of sp³-hybridized carbons (Fsp3) is 0.720. The van der Waals surface area contributed by atoms with Gasteiger partial charge in [-0.1, -0.05) is 39.2 Å². The molecule has 2 aliphatic heterocycles. The molecule has 0 aromatic heterocycles. The van der Waals surface area contributed by atoms with E-state index in [0.717, 1.165) is 62.3 Å². The molecule has 168 valence electrons. The zero-order valence-electron chi connectivity index (χ0n) is 19.2. The number of carbonyl (C=O) groups is 1. The number of hydrogen-bond donors (Lipinski definition) is 0. The number of fused-ring (bicyclic) bond motifs is 1. The molecule has 0 spiro atoms. The van der Waals surface area contributed by atoms with Crippen LogP contribution in [0.2, 0.25) is 0 Å². The highest BCUT2D eigenvalue weighted by molar-refractivity contribution is 5.78. The molecule has 2 unspecified atom stereocenters. The Kier molecular flexibility index (Phi) is 8.86. The monoisotopic (exact) mass is 416 g/mol. The van der Waals surface area contributed by atoms with Crippen LogP contribution < -0.4 is 9.47 Å². The number of hydrogen-bond acceptors (Lipinski definition) is 4. The minimum atomic E-state index is 0.132. The molecule has 3 rings (SSSR count). The number of ether oxygens (including phenoxy) is 2. The summed E-state index contributed by atoms with van der Waals surface area (Å²) in [6.45, 7) is 10.7. The number of rotatable bonds is 11. The first-order chi connectivity index (χ1) is 14.6. The summed E-state index contributed by atoms with van der Waals surface area (Å²) in [5, 5.41) is 0. The molecule has 0 N–H and O–H groups in total. The van der Waals surface area contributed by atoms with Crippen LogP contribution in [0, 0.1) is 5.92 Å². The highest BCUT2D eigenvalue weighted by atomic mass is 16.7. The first-order valence-electron chi connectivity index (χ1n) is 12.0. The summed E-state index contributed by atoms with van der Waals surface area (Å²) < 4.78 is 11.0. The van der Waals surface area contributed by atoms with E-state index >= 15 is 0 Å². The fourth-order valence-corrected chi connectivity index (χ4v) is 4.69. The summed E-state index contributed by atoms with van der Waals surface area (Å²) in [5.74, 6) is 2.04. The third-order valence-corrected chi connectivity index (χ3v) is 6.68. The number of likely N-dealkylation sites (tertiary alicyclic amines) is 1. The quantitative estimate of drug-likeness (QED) is 0.496. The van der Waals surface area contributed by atoms with E-state index in [4.69, 9.17) is 9.47 Å². The fourth-order valence-electron chi connectivity index (χ4n) is 4.69. The maximum Gasteiger partial charge on any atom is 0.231 e. The number of amides is 1. The van der Waals surface area contributed by atoms with Crippen molar-refractivity contribution >= 4 is 5.91 Å². The van der Waals surface area contributed by atoms with Gasteiger partial charge in [0.25, 0.3) is 0 Å². The minimum absolute atomic E-state index is 0.132. The standard InChI is InChI=1S/C25H40N2O3/c1-4-6-11-22(5-2)25(28)27(16-9-15-26-14-8-7-10-20(26)3)18-21-12-13-23-24(17-21)30-19-29-23/h12-13,17,20,22H,4-11,14-16,18-19H2,1-3H3. The van der Waals surface area contributed by atoms with Gasteiger partial charge in [-0.2, -0.15) is 0 Å². The zero-order valence-corrected chi connectivity index (χ0v) is 19.2. The second-order valence-corrected chi connectivity index (χ2v) is 8.93. The lowest BCUT2D eigenvalue weighted by molar-refractivity contribution is -0.136. The van der Waals surface area contributed by atoms with Gasteiger partial charge in [-0.25, -0.2) is 0 Å². The summed E-state index contributed by atoms with van der Waals surface area (Å²) in [4.78, 5) is 18.1. The third kappa shape index (κ3) is 6.13. The lowest BCUT2D eigenvalue weighted by Crippen LogP contribution is -2.41. The summed E-state index contributed by atoms with van der Waals surface area (Å²) >= 11 is 0. The van der Waals surface area contributed by atoms with Crippen molar-refractivity contribution in [1.82, 2.24) is 9.80 Å². The predicted molar refractivity (Wildman–Crippen MR) is 121 cm³/mol. The molecule has 0 radical (unpaired) electrons. The van der Waals surface area contributed by atoms with Gasteiger partial charge in [0.05, 0.1) is 0 Å². The van der Waals surface area contributed by atoms with Crippen molar-refractivity contribution in [3.05, 3.63) is 23.8 Å². The molecule has 2 heterocycles. The molecule has 0 aliphatic carbocycles. The van der Waals surface area contributed by atoms with Crippen LogP contribution >= 0.6 is 0 Å². The van der Waals surface area contributed by atoms with Crippen LogP contribution in [0.5, 0.6) is 11.5 Å². The Morgan fingerprint density at radius 2 is 2.03 bits per heavy atom.